The van der Waals surface area contributed by atoms with Gasteiger partial charge in [0.25, 0.3) is 0 Å². The van der Waals surface area contributed by atoms with Crippen LogP contribution >= 0.6 is 0 Å². The van der Waals surface area contributed by atoms with Gasteiger partial charge in [0.15, 0.2) is 0 Å². The van der Waals surface area contributed by atoms with Crippen LogP contribution in [0.4, 0.5) is 0 Å². The number of carboxylic acid groups (broad SMARTS) is 2. The zero-order chi connectivity index (χ0) is 12.6. The number of hydrogen-bond donors (Lipinski definition) is 2. The van der Waals surface area contributed by atoms with Crippen LogP contribution in [0.3, 0.4) is 0 Å². The predicted octanol–water partition coefficient (Wildman–Crippen LogP) is 0.807. The normalized spacial score (nSPS) is 29.2. The van der Waals surface area contributed by atoms with Gasteiger partial charge in [0.2, 0.25) is 0 Å². The molecule has 3 atom stereocenters. The first kappa shape index (κ1) is 15.0. The van der Waals surface area contributed by atoms with Crippen molar-refractivity contribution in [2.45, 2.75) is 12.8 Å². The molecule has 2 aliphatic rings. The van der Waals surface area contributed by atoms with Crippen molar-refractivity contribution in [1.82, 2.24) is 0 Å². The molecule has 0 aliphatic heterocycles. The largest absolute Gasteiger partial charge is 0.478 e. The first-order valence-corrected chi connectivity index (χ1v) is 5.32. The zero-order valence-corrected chi connectivity index (χ0v) is 12.0. The molecule has 0 spiro atoms. The molecule has 0 aromatic carbocycles. The van der Waals surface area contributed by atoms with Crippen LogP contribution in [0.15, 0.2) is 23.3 Å². The Morgan fingerprint density at radius 1 is 1.39 bits per heavy atom. The van der Waals surface area contributed by atoms with Gasteiger partial charge in [-0.05, 0) is 30.6 Å². The van der Waals surface area contributed by atoms with Gasteiger partial charge in [0.1, 0.15) is 0 Å². The summed E-state index contributed by atoms with van der Waals surface area (Å²) in [5.41, 5.74) is 0.657. The molecule has 0 saturated heterocycles. The number of carbonyl (C=O) groups is 2. The van der Waals surface area contributed by atoms with Crippen molar-refractivity contribution in [3.05, 3.63) is 23.3 Å². The first-order valence-electron chi connectivity index (χ1n) is 5.32. The van der Waals surface area contributed by atoms with E-state index in [4.69, 9.17) is 15.5 Å². The summed E-state index contributed by atoms with van der Waals surface area (Å²) in [6.45, 7) is 0. The standard InChI is InChI=1S/C12H11NO4.Na/c13-5-8-2-7-1-6(8)3-9(7)10(12(16)17)4-11(14)15;/h2,4,6-7,9H,1,3H2,(H,14,15)(H,16,17);. The molecule has 2 rings (SSSR count). The monoisotopic (exact) mass is 256 g/mol. The van der Waals surface area contributed by atoms with E-state index in [0.29, 0.717) is 12.0 Å². The van der Waals surface area contributed by atoms with Gasteiger partial charge in [0.05, 0.1) is 6.07 Å². The molecular weight excluding hydrogens is 245 g/mol. The van der Waals surface area contributed by atoms with Crippen LogP contribution in [-0.2, 0) is 9.59 Å². The molecule has 0 aromatic heterocycles. The molecule has 1 fully saturated rings. The quantitative estimate of drug-likeness (QED) is 0.575. The Hall–Kier alpha value is -1.09. The minimum atomic E-state index is -1.24. The summed E-state index contributed by atoms with van der Waals surface area (Å²) >= 11 is 0. The van der Waals surface area contributed by atoms with E-state index in [2.05, 4.69) is 6.07 Å². The van der Waals surface area contributed by atoms with Gasteiger partial charge >= 0.3 is 11.9 Å². The fourth-order valence-corrected chi connectivity index (χ4v) is 2.82. The van der Waals surface area contributed by atoms with Gasteiger partial charge in [-0.1, -0.05) is 6.08 Å². The number of allylic oxidation sites excluding steroid dienone is 2. The minimum absolute atomic E-state index is 0. The smallest absolute Gasteiger partial charge is 0.332 e. The van der Waals surface area contributed by atoms with Crippen LogP contribution in [0, 0.1) is 29.1 Å². The third kappa shape index (κ3) is 2.66. The van der Waals surface area contributed by atoms with Crippen LogP contribution in [0.2, 0.25) is 0 Å². The summed E-state index contributed by atoms with van der Waals surface area (Å²) in [4.78, 5) is 21.6. The molecule has 3 unspecified atom stereocenters. The van der Waals surface area contributed by atoms with E-state index in [0.717, 1.165) is 12.5 Å². The van der Waals surface area contributed by atoms with Crippen LogP contribution in [-0.4, -0.2) is 51.7 Å². The van der Waals surface area contributed by atoms with Crippen LogP contribution in [0.5, 0.6) is 0 Å². The van der Waals surface area contributed by atoms with Gasteiger partial charge in [-0.2, -0.15) is 5.26 Å². The summed E-state index contributed by atoms with van der Waals surface area (Å²) in [5.74, 6) is -2.60. The van der Waals surface area contributed by atoms with Gasteiger partial charge in [0, 0.05) is 46.8 Å². The molecule has 0 aromatic rings. The van der Waals surface area contributed by atoms with Crippen molar-refractivity contribution in [3.63, 3.8) is 0 Å². The van der Waals surface area contributed by atoms with Crippen molar-refractivity contribution in [2.75, 3.05) is 0 Å². The molecule has 2 N–H and O–H groups in total. The third-order valence-corrected chi connectivity index (χ3v) is 3.50. The Labute approximate surface area is 126 Å². The summed E-state index contributed by atoms with van der Waals surface area (Å²) in [7, 11) is 0. The van der Waals surface area contributed by atoms with Gasteiger partial charge in [-0.15, -0.1) is 0 Å². The summed E-state index contributed by atoms with van der Waals surface area (Å²) in [5, 5.41) is 26.5. The molecule has 18 heavy (non-hydrogen) atoms. The Kier molecular flexibility index (Phi) is 4.74. The predicted molar refractivity (Wildman–Crippen MR) is 62.5 cm³/mol. The van der Waals surface area contributed by atoms with Gasteiger partial charge < -0.3 is 10.2 Å². The van der Waals surface area contributed by atoms with Crippen molar-refractivity contribution in [3.8, 4) is 6.07 Å². The zero-order valence-electron chi connectivity index (χ0n) is 9.96. The Balaban J connectivity index is 0.00000162. The summed E-state index contributed by atoms with van der Waals surface area (Å²) in [6.07, 6.45) is 3.89. The van der Waals surface area contributed by atoms with Crippen LogP contribution in [0.25, 0.3) is 0 Å². The Bertz CT molecular complexity index is 489. The first-order chi connectivity index (χ1) is 8.02. The maximum Gasteiger partial charge on any atom is 0.332 e. The fraction of sp³-hybridized carbons (Fsp3) is 0.417. The minimum Gasteiger partial charge on any atom is -0.478 e. The van der Waals surface area contributed by atoms with Gasteiger partial charge in [-0.25, -0.2) is 9.59 Å². The van der Waals surface area contributed by atoms with E-state index in [1.165, 1.54) is 0 Å². The molecule has 6 heteroatoms. The second kappa shape index (κ2) is 5.70. The Morgan fingerprint density at radius 2 is 2.06 bits per heavy atom. The third-order valence-electron chi connectivity index (χ3n) is 3.50. The topological polar surface area (TPSA) is 98.4 Å². The number of nitriles is 1. The number of carboxylic acids is 2. The van der Waals surface area contributed by atoms with Crippen molar-refractivity contribution in [2.24, 2.45) is 17.8 Å². The number of aliphatic carboxylic acids is 2. The second-order valence-electron chi connectivity index (χ2n) is 4.42. The van der Waals surface area contributed by atoms with E-state index in [1.807, 2.05) is 0 Å². The molecule has 2 bridgehead atoms. The summed E-state index contributed by atoms with van der Waals surface area (Å²) < 4.78 is 0. The van der Waals surface area contributed by atoms with Crippen LogP contribution < -0.4 is 0 Å². The molecule has 2 aliphatic carbocycles. The fourth-order valence-electron chi connectivity index (χ4n) is 2.82. The summed E-state index contributed by atoms with van der Waals surface area (Å²) in [6, 6.07) is 2.10. The maximum atomic E-state index is 11.0. The average molecular weight is 256 g/mol. The number of rotatable bonds is 3. The average Bonchev–Trinajstić information content (AvgIpc) is 2.83. The molecule has 1 radical (unpaired) electrons. The number of hydrogen-bond acceptors (Lipinski definition) is 3. The second-order valence-corrected chi connectivity index (χ2v) is 4.42. The Morgan fingerprint density at radius 3 is 2.44 bits per heavy atom. The molecule has 5 nitrogen and oxygen atoms in total. The van der Waals surface area contributed by atoms with Crippen molar-refractivity contribution in [1.29, 1.82) is 5.26 Å². The van der Waals surface area contributed by atoms with Gasteiger partial charge in [-0.3, -0.25) is 0 Å². The number of nitrogens with zero attached hydrogens (tertiary/aromatic N) is 1. The van der Waals surface area contributed by atoms with Crippen LogP contribution in [0.1, 0.15) is 12.8 Å². The number of fused-ring (bicyclic) bond motifs is 2. The van der Waals surface area contributed by atoms with E-state index < -0.39 is 11.9 Å². The van der Waals surface area contributed by atoms with E-state index in [-0.39, 0.29) is 52.9 Å². The van der Waals surface area contributed by atoms with E-state index in [9.17, 15) is 9.59 Å². The van der Waals surface area contributed by atoms with E-state index in [1.54, 1.807) is 6.08 Å². The van der Waals surface area contributed by atoms with E-state index >= 15 is 0 Å². The molecule has 0 heterocycles. The maximum absolute atomic E-state index is 11.0. The molecular formula is C12H11NNaO4. The molecule has 89 valence electrons. The molecule has 0 amide bonds. The SMILES string of the molecule is N#CC1=CC2CC1CC2C(=CC(=O)O)C(=O)O.[Na]. The van der Waals surface area contributed by atoms with Crippen molar-refractivity contribution >= 4 is 41.5 Å². The van der Waals surface area contributed by atoms with Crippen molar-refractivity contribution < 1.29 is 19.8 Å². The molecule has 1 saturated carbocycles.